The number of benzene rings is 1. The third-order valence-corrected chi connectivity index (χ3v) is 4.91. The van der Waals surface area contributed by atoms with Gasteiger partial charge in [-0.2, -0.15) is 0 Å². The van der Waals surface area contributed by atoms with Gasteiger partial charge >= 0.3 is 0 Å². The van der Waals surface area contributed by atoms with Gasteiger partial charge in [-0.3, -0.25) is 9.78 Å². The number of nitrogens with zero attached hydrogens (tertiary/aromatic N) is 4. The predicted octanol–water partition coefficient (Wildman–Crippen LogP) is 2.65. The van der Waals surface area contributed by atoms with Gasteiger partial charge in [0.2, 0.25) is 5.91 Å². The topological polar surface area (TPSA) is 71.0 Å². The molecule has 6 nitrogen and oxygen atoms in total. The second-order valence-electron chi connectivity index (χ2n) is 6.51. The van der Waals surface area contributed by atoms with Crippen molar-refractivity contribution < 1.29 is 4.79 Å². The summed E-state index contributed by atoms with van der Waals surface area (Å²) in [7, 11) is 1.70. The fraction of sp³-hybridized carbons (Fsp3) is 0.300. The highest BCUT2D eigenvalue weighted by atomic mass is 16.1. The number of carbonyl (C=O) groups is 1. The van der Waals surface area contributed by atoms with Gasteiger partial charge in [-0.15, -0.1) is 0 Å². The molecule has 0 unspecified atom stereocenters. The number of rotatable bonds is 3. The molecular formula is C20H21N5O. The Bertz CT molecular complexity index is 920. The molecule has 132 valence electrons. The van der Waals surface area contributed by atoms with Crippen molar-refractivity contribution in [2.24, 2.45) is 5.92 Å². The number of nitrogens with one attached hydrogen (secondary N) is 1. The zero-order valence-electron chi connectivity index (χ0n) is 14.7. The van der Waals surface area contributed by atoms with E-state index < -0.39 is 0 Å². The van der Waals surface area contributed by atoms with E-state index in [-0.39, 0.29) is 11.8 Å². The Labute approximate surface area is 152 Å². The van der Waals surface area contributed by atoms with Crippen LogP contribution in [0.15, 0.2) is 48.8 Å². The molecule has 0 aliphatic carbocycles. The van der Waals surface area contributed by atoms with Crippen molar-refractivity contribution in [2.75, 3.05) is 25.0 Å². The Morgan fingerprint density at radius 3 is 2.65 bits per heavy atom. The van der Waals surface area contributed by atoms with Crippen molar-refractivity contribution in [3.05, 3.63) is 48.8 Å². The van der Waals surface area contributed by atoms with Crippen LogP contribution in [0.4, 0.5) is 5.82 Å². The number of fused-ring (bicyclic) bond motifs is 1. The van der Waals surface area contributed by atoms with Crippen LogP contribution < -0.4 is 10.2 Å². The molecule has 0 atom stereocenters. The number of pyridine rings is 1. The van der Waals surface area contributed by atoms with Gasteiger partial charge in [-0.05, 0) is 37.1 Å². The number of hydrogen-bond acceptors (Lipinski definition) is 5. The Kier molecular flexibility index (Phi) is 4.48. The van der Waals surface area contributed by atoms with Crippen LogP contribution >= 0.6 is 0 Å². The number of aromatic nitrogens is 3. The summed E-state index contributed by atoms with van der Waals surface area (Å²) in [5.41, 5.74) is 1.82. The smallest absolute Gasteiger partial charge is 0.222 e. The third-order valence-electron chi connectivity index (χ3n) is 4.91. The number of piperidine rings is 1. The number of anilines is 1. The maximum Gasteiger partial charge on any atom is 0.222 e. The van der Waals surface area contributed by atoms with E-state index in [4.69, 9.17) is 9.97 Å². The SMILES string of the molecule is CNC(=O)C1CCN(c2nc(-c3cccnc3)nc3ccccc23)CC1. The Hall–Kier alpha value is -3.02. The summed E-state index contributed by atoms with van der Waals surface area (Å²) in [5.74, 6) is 1.83. The molecule has 6 heteroatoms. The van der Waals surface area contributed by atoms with Crippen molar-refractivity contribution in [2.45, 2.75) is 12.8 Å². The molecular weight excluding hydrogens is 326 g/mol. The van der Waals surface area contributed by atoms with E-state index in [0.717, 1.165) is 48.2 Å². The molecule has 0 bridgehead atoms. The minimum atomic E-state index is 0.0853. The number of hydrogen-bond donors (Lipinski definition) is 1. The van der Waals surface area contributed by atoms with Crippen LogP contribution in [0.3, 0.4) is 0 Å². The van der Waals surface area contributed by atoms with E-state index in [1.807, 2.05) is 30.3 Å². The highest BCUT2D eigenvalue weighted by Crippen LogP contribution is 2.30. The van der Waals surface area contributed by atoms with Crippen LogP contribution in [0.25, 0.3) is 22.3 Å². The van der Waals surface area contributed by atoms with Gasteiger partial charge in [-0.1, -0.05) is 12.1 Å². The molecule has 1 fully saturated rings. The summed E-state index contributed by atoms with van der Waals surface area (Å²) in [4.78, 5) is 27.9. The average Bonchev–Trinajstić information content (AvgIpc) is 2.73. The van der Waals surface area contributed by atoms with Gasteiger partial charge < -0.3 is 10.2 Å². The normalized spacial score (nSPS) is 15.2. The van der Waals surface area contributed by atoms with E-state index in [1.54, 1.807) is 19.4 Å². The van der Waals surface area contributed by atoms with E-state index in [2.05, 4.69) is 21.3 Å². The zero-order chi connectivity index (χ0) is 17.9. The van der Waals surface area contributed by atoms with Gasteiger partial charge in [-0.25, -0.2) is 9.97 Å². The second-order valence-corrected chi connectivity index (χ2v) is 6.51. The Balaban J connectivity index is 1.71. The van der Waals surface area contributed by atoms with Crippen molar-refractivity contribution in [1.29, 1.82) is 0 Å². The number of carbonyl (C=O) groups excluding carboxylic acids is 1. The maximum atomic E-state index is 11.9. The van der Waals surface area contributed by atoms with Crippen molar-refractivity contribution in [3.8, 4) is 11.4 Å². The predicted molar refractivity (Wildman–Crippen MR) is 102 cm³/mol. The van der Waals surface area contributed by atoms with Crippen LogP contribution in [0.1, 0.15) is 12.8 Å². The molecule has 1 N–H and O–H groups in total. The first-order valence-electron chi connectivity index (χ1n) is 8.90. The lowest BCUT2D eigenvalue weighted by molar-refractivity contribution is -0.125. The van der Waals surface area contributed by atoms with Crippen LogP contribution in [-0.4, -0.2) is 41.0 Å². The molecule has 1 aliphatic rings. The van der Waals surface area contributed by atoms with E-state index in [9.17, 15) is 4.79 Å². The molecule has 3 aromatic rings. The van der Waals surface area contributed by atoms with E-state index in [1.165, 1.54) is 0 Å². The first-order valence-corrected chi connectivity index (χ1v) is 8.90. The van der Waals surface area contributed by atoms with Crippen LogP contribution in [-0.2, 0) is 4.79 Å². The maximum absolute atomic E-state index is 11.9. The molecule has 0 saturated carbocycles. The van der Waals surface area contributed by atoms with Crippen molar-refractivity contribution in [1.82, 2.24) is 20.3 Å². The standard InChI is InChI=1S/C20H21N5O/c1-21-20(26)14-8-11-25(12-9-14)19-16-6-2-3-7-17(16)23-18(24-19)15-5-4-10-22-13-15/h2-7,10,13-14H,8-9,11-12H2,1H3,(H,21,26). The molecule has 1 amide bonds. The van der Waals surface area contributed by atoms with Crippen LogP contribution in [0.2, 0.25) is 0 Å². The summed E-state index contributed by atoms with van der Waals surface area (Å²) >= 11 is 0. The lowest BCUT2D eigenvalue weighted by Crippen LogP contribution is -2.40. The summed E-state index contributed by atoms with van der Waals surface area (Å²) in [6.45, 7) is 1.62. The van der Waals surface area contributed by atoms with Gasteiger partial charge in [0, 0.05) is 49.4 Å². The fourth-order valence-corrected chi connectivity index (χ4v) is 3.48. The Morgan fingerprint density at radius 2 is 1.92 bits per heavy atom. The average molecular weight is 347 g/mol. The first kappa shape index (κ1) is 16.4. The van der Waals surface area contributed by atoms with E-state index >= 15 is 0 Å². The zero-order valence-corrected chi connectivity index (χ0v) is 14.7. The summed E-state index contributed by atoms with van der Waals surface area (Å²) in [6.07, 6.45) is 5.20. The molecule has 3 heterocycles. The lowest BCUT2D eigenvalue weighted by atomic mass is 9.96. The summed E-state index contributed by atoms with van der Waals surface area (Å²) in [6, 6.07) is 11.9. The van der Waals surface area contributed by atoms with Gasteiger partial charge in [0.1, 0.15) is 5.82 Å². The minimum absolute atomic E-state index is 0.0853. The van der Waals surface area contributed by atoms with Gasteiger partial charge in [0.05, 0.1) is 5.52 Å². The highest BCUT2D eigenvalue weighted by Gasteiger charge is 2.26. The number of amides is 1. The molecule has 1 aliphatic heterocycles. The first-order chi connectivity index (χ1) is 12.8. The van der Waals surface area contributed by atoms with Crippen molar-refractivity contribution in [3.63, 3.8) is 0 Å². The third kappa shape index (κ3) is 3.10. The second kappa shape index (κ2) is 7.07. The van der Waals surface area contributed by atoms with Gasteiger partial charge in [0.25, 0.3) is 0 Å². The quantitative estimate of drug-likeness (QED) is 0.789. The largest absolute Gasteiger partial charge is 0.359 e. The Morgan fingerprint density at radius 1 is 1.12 bits per heavy atom. The monoisotopic (exact) mass is 347 g/mol. The molecule has 4 rings (SSSR count). The van der Waals surface area contributed by atoms with Gasteiger partial charge in [0.15, 0.2) is 5.82 Å². The summed E-state index contributed by atoms with van der Waals surface area (Å²) < 4.78 is 0. The molecule has 0 spiro atoms. The number of para-hydroxylation sites is 1. The molecule has 2 aromatic heterocycles. The van der Waals surface area contributed by atoms with Crippen LogP contribution in [0.5, 0.6) is 0 Å². The van der Waals surface area contributed by atoms with E-state index in [0.29, 0.717) is 5.82 Å². The molecule has 1 aromatic carbocycles. The van der Waals surface area contributed by atoms with Crippen molar-refractivity contribution >= 4 is 22.6 Å². The lowest BCUT2D eigenvalue weighted by Gasteiger charge is -2.32. The minimum Gasteiger partial charge on any atom is -0.359 e. The molecule has 26 heavy (non-hydrogen) atoms. The fourth-order valence-electron chi connectivity index (χ4n) is 3.48. The van der Waals surface area contributed by atoms with Crippen LogP contribution in [0, 0.1) is 5.92 Å². The molecule has 0 radical (unpaired) electrons. The summed E-state index contributed by atoms with van der Waals surface area (Å²) in [5, 5.41) is 3.80. The molecule has 1 saturated heterocycles. The highest BCUT2D eigenvalue weighted by molar-refractivity contribution is 5.91.